The number of piperidine rings is 1. The number of nitrogens with two attached hydrogens (primary N) is 1. The van der Waals surface area contributed by atoms with E-state index < -0.39 is 11.8 Å². The predicted molar refractivity (Wildman–Crippen MR) is 111 cm³/mol. The van der Waals surface area contributed by atoms with Crippen LogP contribution in [0.5, 0.6) is 0 Å². The summed E-state index contributed by atoms with van der Waals surface area (Å²) in [7, 11) is 0. The van der Waals surface area contributed by atoms with Gasteiger partial charge < -0.3 is 15.5 Å². The number of carbonyl (C=O) groups is 2. The van der Waals surface area contributed by atoms with Crippen LogP contribution in [0.25, 0.3) is 10.2 Å². The Kier molecular flexibility index (Phi) is 5.64. The van der Waals surface area contributed by atoms with Gasteiger partial charge in [0.1, 0.15) is 0 Å². The summed E-state index contributed by atoms with van der Waals surface area (Å²) in [5.41, 5.74) is 7.32. The molecule has 3 heterocycles. The highest BCUT2D eigenvalue weighted by Gasteiger charge is 2.33. The predicted octanol–water partition coefficient (Wildman–Crippen LogP) is 2.72. The number of fused-ring (bicyclic) bond motifs is 1. The molecule has 0 saturated carbocycles. The molecule has 2 atom stereocenters. The molecule has 2 amide bonds. The molecule has 0 radical (unpaired) electrons. The van der Waals surface area contributed by atoms with Gasteiger partial charge in [0.15, 0.2) is 0 Å². The van der Waals surface area contributed by atoms with Crippen molar-refractivity contribution in [3.8, 4) is 0 Å². The highest BCUT2D eigenvalue weighted by Crippen LogP contribution is 2.35. The van der Waals surface area contributed by atoms with Crippen molar-refractivity contribution in [2.24, 2.45) is 11.7 Å². The topological polar surface area (TPSA) is 79.5 Å². The van der Waals surface area contributed by atoms with Crippen LogP contribution in [-0.4, -0.2) is 52.8 Å². The lowest BCUT2D eigenvalue weighted by molar-refractivity contribution is -0.147. The molecule has 28 heavy (non-hydrogen) atoms. The number of thiazole rings is 1. The molecule has 4 rings (SSSR count). The second kappa shape index (κ2) is 8.17. The van der Waals surface area contributed by atoms with Gasteiger partial charge in [0, 0.05) is 19.5 Å². The lowest BCUT2D eigenvalue weighted by atomic mass is 9.89. The van der Waals surface area contributed by atoms with E-state index in [2.05, 4.69) is 30.0 Å². The summed E-state index contributed by atoms with van der Waals surface area (Å²) >= 11 is 1.76. The average molecular weight is 401 g/mol. The van der Waals surface area contributed by atoms with Crippen molar-refractivity contribution in [2.45, 2.75) is 45.1 Å². The van der Waals surface area contributed by atoms with Crippen molar-refractivity contribution >= 4 is 33.4 Å². The molecule has 150 valence electrons. The third-order valence-electron chi connectivity index (χ3n) is 5.97. The second-order valence-corrected chi connectivity index (χ2v) is 9.27. The van der Waals surface area contributed by atoms with E-state index in [0.29, 0.717) is 12.5 Å². The number of likely N-dealkylation sites (tertiary alicyclic amines) is 2. The largest absolute Gasteiger partial charge is 0.361 e. The lowest BCUT2D eigenvalue weighted by Gasteiger charge is -2.38. The van der Waals surface area contributed by atoms with Crippen LogP contribution in [0.15, 0.2) is 18.2 Å². The Hall–Kier alpha value is -1.99. The zero-order valence-corrected chi connectivity index (χ0v) is 17.2. The van der Waals surface area contributed by atoms with Crippen molar-refractivity contribution in [2.75, 3.05) is 26.2 Å². The summed E-state index contributed by atoms with van der Waals surface area (Å²) in [6.07, 6.45) is 5.48. The smallest absolute Gasteiger partial charge is 0.312 e. The Morgan fingerprint density at radius 1 is 1.25 bits per heavy atom. The lowest BCUT2D eigenvalue weighted by Crippen LogP contribution is -2.46. The van der Waals surface area contributed by atoms with Crippen LogP contribution in [0.2, 0.25) is 0 Å². The van der Waals surface area contributed by atoms with Crippen LogP contribution in [0.4, 0.5) is 0 Å². The number of primary amides is 1. The summed E-state index contributed by atoms with van der Waals surface area (Å²) in [4.78, 5) is 32.8. The van der Waals surface area contributed by atoms with Crippen molar-refractivity contribution in [3.05, 3.63) is 28.8 Å². The highest BCUT2D eigenvalue weighted by molar-refractivity contribution is 7.18. The average Bonchev–Trinajstić information content (AvgIpc) is 3.34. The fraction of sp³-hybridized carbons (Fsp3) is 0.571. The molecule has 0 bridgehead atoms. The zero-order valence-electron chi connectivity index (χ0n) is 16.4. The van der Waals surface area contributed by atoms with Crippen molar-refractivity contribution < 1.29 is 9.59 Å². The Bertz CT molecular complexity index is 874. The number of hydrogen-bond donors (Lipinski definition) is 1. The molecule has 7 heteroatoms. The van der Waals surface area contributed by atoms with Gasteiger partial charge >= 0.3 is 11.8 Å². The molecule has 2 aliphatic rings. The van der Waals surface area contributed by atoms with Gasteiger partial charge in [-0.1, -0.05) is 13.0 Å². The molecule has 1 aromatic heterocycles. The first-order chi connectivity index (χ1) is 13.5. The highest BCUT2D eigenvalue weighted by atomic mass is 32.1. The summed E-state index contributed by atoms with van der Waals surface area (Å²) < 4.78 is 1.18. The third kappa shape index (κ3) is 4.05. The molecule has 6 nitrogen and oxygen atoms in total. The van der Waals surface area contributed by atoms with Gasteiger partial charge in [-0.3, -0.25) is 9.59 Å². The number of aromatic nitrogens is 1. The van der Waals surface area contributed by atoms with E-state index in [1.165, 1.54) is 35.6 Å². The van der Waals surface area contributed by atoms with Crippen LogP contribution in [0.3, 0.4) is 0 Å². The molecule has 2 aromatic rings. The quantitative estimate of drug-likeness (QED) is 0.801. The van der Waals surface area contributed by atoms with E-state index in [0.717, 1.165) is 36.9 Å². The van der Waals surface area contributed by atoms with Crippen LogP contribution >= 0.6 is 11.3 Å². The SMILES string of the molecule is C[C@H]1CC[C@H](c2ccc3sc(CCN4CCCC4)nc3c2)N(C(=O)C(N)=O)C1. The minimum Gasteiger partial charge on any atom is -0.361 e. The summed E-state index contributed by atoms with van der Waals surface area (Å²) in [5, 5.41) is 1.17. The standard InChI is InChI=1S/C21H28N4O2S/c1-14-4-6-17(25(13-14)21(27)20(22)26)15-5-7-18-16(12-15)23-19(28-18)8-11-24-9-2-3-10-24/h5,7,12,14,17H,2-4,6,8-11,13H2,1H3,(H2,22,26)/t14-,17+/m0/s1. The summed E-state index contributed by atoms with van der Waals surface area (Å²) in [6.45, 7) is 6.17. The van der Waals surface area contributed by atoms with Crippen molar-refractivity contribution in [1.29, 1.82) is 0 Å². The Morgan fingerprint density at radius 3 is 2.79 bits per heavy atom. The van der Waals surface area contributed by atoms with Crippen molar-refractivity contribution in [1.82, 2.24) is 14.8 Å². The number of amides is 2. The van der Waals surface area contributed by atoms with Gasteiger partial charge in [0.25, 0.3) is 0 Å². The minimum atomic E-state index is -0.877. The minimum absolute atomic E-state index is 0.102. The fourth-order valence-electron chi connectivity index (χ4n) is 4.43. The molecule has 0 spiro atoms. The Morgan fingerprint density at radius 2 is 2.04 bits per heavy atom. The van der Waals surface area contributed by atoms with E-state index in [1.807, 2.05) is 0 Å². The fourth-order valence-corrected chi connectivity index (χ4v) is 5.37. The van der Waals surface area contributed by atoms with E-state index in [9.17, 15) is 9.59 Å². The Labute approximate surface area is 169 Å². The van der Waals surface area contributed by atoms with Gasteiger partial charge in [-0.2, -0.15) is 0 Å². The van der Waals surface area contributed by atoms with E-state index >= 15 is 0 Å². The third-order valence-corrected chi connectivity index (χ3v) is 7.07. The number of hydrogen-bond acceptors (Lipinski definition) is 5. The summed E-state index contributed by atoms with van der Waals surface area (Å²) in [5.74, 6) is -1.08. The normalized spacial score (nSPS) is 23.4. The Balaban J connectivity index is 1.54. The van der Waals surface area contributed by atoms with Crippen molar-refractivity contribution in [3.63, 3.8) is 0 Å². The first-order valence-electron chi connectivity index (χ1n) is 10.2. The van der Waals surface area contributed by atoms with E-state index in [4.69, 9.17) is 10.7 Å². The maximum atomic E-state index is 12.3. The van der Waals surface area contributed by atoms with E-state index in [-0.39, 0.29) is 6.04 Å². The van der Waals surface area contributed by atoms with Gasteiger partial charge in [-0.25, -0.2) is 4.98 Å². The first-order valence-corrected chi connectivity index (χ1v) is 11.0. The molecule has 0 aliphatic carbocycles. The summed E-state index contributed by atoms with van der Waals surface area (Å²) in [6, 6.07) is 6.17. The van der Waals surface area contributed by atoms with Gasteiger partial charge in [0.2, 0.25) is 0 Å². The molecule has 2 N–H and O–H groups in total. The van der Waals surface area contributed by atoms with Gasteiger partial charge in [-0.05, 0) is 62.4 Å². The molecular weight excluding hydrogens is 372 g/mol. The van der Waals surface area contributed by atoms with Gasteiger partial charge in [-0.15, -0.1) is 11.3 Å². The molecular formula is C21H28N4O2S. The van der Waals surface area contributed by atoms with Crippen LogP contribution < -0.4 is 5.73 Å². The molecule has 2 saturated heterocycles. The maximum Gasteiger partial charge on any atom is 0.312 e. The maximum absolute atomic E-state index is 12.3. The number of benzene rings is 1. The molecule has 0 unspecified atom stereocenters. The second-order valence-electron chi connectivity index (χ2n) is 8.15. The first kappa shape index (κ1) is 19.3. The van der Waals surface area contributed by atoms with Crippen LogP contribution in [0, 0.1) is 5.92 Å². The van der Waals surface area contributed by atoms with E-state index in [1.54, 1.807) is 16.2 Å². The molecule has 2 fully saturated rings. The van der Waals surface area contributed by atoms with Crippen LogP contribution in [-0.2, 0) is 16.0 Å². The molecule has 2 aliphatic heterocycles. The monoisotopic (exact) mass is 400 g/mol. The number of carbonyl (C=O) groups excluding carboxylic acids is 2. The van der Waals surface area contributed by atoms with Gasteiger partial charge in [0.05, 0.1) is 21.3 Å². The number of rotatable bonds is 4. The van der Waals surface area contributed by atoms with Crippen LogP contribution in [0.1, 0.15) is 49.2 Å². The zero-order chi connectivity index (χ0) is 19.7. The number of nitrogens with zero attached hydrogens (tertiary/aromatic N) is 3. The molecule has 1 aromatic carbocycles.